The van der Waals surface area contributed by atoms with Crippen LogP contribution in [0, 0.1) is 0 Å². The summed E-state index contributed by atoms with van der Waals surface area (Å²) in [7, 11) is 0. The Morgan fingerprint density at radius 3 is 3.11 bits per heavy atom. The number of fused-ring (bicyclic) bond motifs is 1. The smallest absolute Gasteiger partial charge is 0.227 e. The summed E-state index contributed by atoms with van der Waals surface area (Å²) in [4.78, 5) is 15.4. The molecule has 1 heterocycles. The molecular weight excluding hydrogens is 240 g/mol. The molecule has 1 aromatic carbocycles. The third-order valence-corrected chi connectivity index (χ3v) is 3.62. The van der Waals surface area contributed by atoms with Crippen molar-refractivity contribution in [3.8, 4) is 0 Å². The number of ketones is 1. The number of carbonyl (C=O) groups is 1. The fourth-order valence-electron chi connectivity index (χ4n) is 2.62. The lowest BCUT2D eigenvalue weighted by Gasteiger charge is -2.05. The minimum Gasteiger partial charge on any atom is -0.339 e. The van der Waals surface area contributed by atoms with Gasteiger partial charge in [-0.3, -0.25) is 0 Å². The topological polar surface area (TPSA) is 56.0 Å². The van der Waals surface area contributed by atoms with Crippen LogP contribution in [0.2, 0.25) is 0 Å². The number of aryl methyl sites for hydroxylation is 2. The van der Waals surface area contributed by atoms with E-state index in [1.54, 1.807) is 6.92 Å². The summed E-state index contributed by atoms with van der Waals surface area (Å²) in [5, 5.41) is 4.08. The van der Waals surface area contributed by atoms with Crippen molar-refractivity contribution in [2.45, 2.75) is 38.5 Å². The lowest BCUT2D eigenvalue weighted by atomic mass is 10.0. The molecule has 0 bridgehead atoms. The van der Waals surface area contributed by atoms with E-state index < -0.39 is 0 Å². The lowest BCUT2D eigenvalue weighted by molar-refractivity contribution is -0.117. The van der Waals surface area contributed by atoms with Crippen LogP contribution in [0.3, 0.4) is 0 Å². The summed E-state index contributed by atoms with van der Waals surface area (Å²) in [5.74, 6) is 1.70. The quantitative estimate of drug-likeness (QED) is 0.844. The summed E-state index contributed by atoms with van der Waals surface area (Å²) < 4.78 is 5.23. The van der Waals surface area contributed by atoms with Gasteiger partial charge in [-0.15, -0.1) is 0 Å². The standard InChI is InChI=1S/C15H16N2O2/c1-10(18)6-9-14-16-15(17-19-14)13-8-7-11-4-2-3-5-12(11)13/h2-5,13H,6-9H2,1H3. The maximum atomic E-state index is 11.0. The van der Waals surface area contributed by atoms with Gasteiger partial charge in [0.15, 0.2) is 5.82 Å². The summed E-state index contributed by atoms with van der Waals surface area (Å²) in [6.45, 7) is 1.57. The molecule has 4 nitrogen and oxygen atoms in total. The van der Waals surface area contributed by atoms with Crippen molar-refractivity contribution >= 4 is 5.78 Å². The van der Waals surface area contributed by atoms with E-state index in [2.05, 4.69) is 28.3 Å². The predicted octanol–water partition coefficient (Wildman–Crippen LogP) is 2.67. The molecule has 1 aliphatic rings. The van der Waals surface area contributed by atoms with E-state index in [4.69, 9.17) is 4.52 Å². The number of nitrogens with zero attached hydrogens (tertiary/aromatic N) is 2. The number of Topliss-reactive ketones (excluding diaryl/α,β-unsaturated/α-hetero) is 1. The van der Waals surface area contributed by atoms with Gasteiger partial charge >= 0.3 is 0 Å². The van der Waals surface area contributed by atoms with Crippen LogP contribution in [0.4, 0.5) is 0 Å². The largest absolute Gasteiger partial charge is 0.339 e. The van der Waals surface area contributed by atoms with Crippen LogP contribution in [0.15, 0.2) is 28.8 Å². The molecule has 1 aliphatic carbocycles. The number of hydrogen-bond donors (Lipinski definition) is 0. The molecule has 0 spiro atoms. The summed E-state index contributed by atoms with van der Waals surface area (Å²) in [6.07, 6.45) is 3.10. The van der Waals surface area contributed by atoms with Gasteiger partial charge in [0, 0.05) is 18.8 Å². The SMILES string of the molecule is CC(=O)CCc1nc(C2CCc3ccccc32)no1. The maximum Gasteiger partial charge on any atom is 0.227 e. The van der Waals surface area contributed by atoms with Crippen molar-refractivity contribution in [2.24, 2.45) is 0 Å². The van der Waals surface area contributed by atoms with E-state index >= 15 is 0 Å². The highest BCUT2D eigenvalue weighted by atomic mass is 16.5. The number of carbonyl (C=O) groups excluding carboxylic acids is 1. The second-order valence-corrected chi connectivity index (χ2v) is 5.04. The molecule has 19 heavy (non-hydrogen) atoms. The molecule has 0 radical (unpaired) electrons. The van der Waals surface area contributed by atoms with Crippen LogP contribution >= 0.6 is 0 Å². The molecule has 2 aromatic rings. The zero-order valence-corrected chi connectivity index (χ0v) is 10.9. The minimum absolute atomic E-state index is 0.144. The normalized spacial score (nSPS) is 17.4. The molecule has 1 atom stereocenters. The summed E-state index contributed by atoms with van der Waals surface area (Å²) in [6, 6.07) is 8.41. The van der Waals surface area contributed by atoms with E-state index in [1.807, 2.05) is 6.07 Å². The number of hydrogen-bond acceptors (Lipinski definition) is 4. The van der Waals surface area contributed by atoms with Gasteiger partial charge in [-0.25, -0.2) is 0 Å². The van der Waals surface area contributed by atoms with Gasteiger partial charge in [0.05, 0.1) is 0 Å². The molecule has 98 valence electrons. The van der Waals surface area contributed by atoms with Gasteiger partial charge in [0.25, 0.3) is 0 Å². The first kappa shape index (κ1) is 12.1. The van der Waals surface area contributed by atoms with Gasteiger partial charge in [0.2, 0.25) is 5.89 Å². The van der Waals surface area contributed by atoms with Crippen LogP contribution in [-0.4, -0.2) is 15.9 Å². The molecule has 0 aliphatic heterocycles. The van der Waals surface area contributed by atoms with Crippen molar-refractivity contribution in [3.05, 3.63) is 47.1 Å². The maximum absolute atomic E-state index is 11.0. The van der Waals surface area contributed by atoms with Crippen molar-refractivity contribution in [1.29, 1.82) is 0 Å². The highest BCUT2D eigenvalue weighted by Gasteiger charge is 2.27. The number of rotatable bonds is 4. The Labute approximate surface area is 111 Å². The van der Waals surface area contributed by atoms with Gasteiger partial charge in [0.1, 0.15) is 5.78 Å². The predicted molar refractivity (Wildman–Crippen MR) is 69.9 cm³/mol. The first-order valence-electron chi connectivity index (χ1n) is 6.64. The summed E-state index contributed by atoms with van der Waals surface area (Å²) in [5.41, 5.74) is 2.68. The fourth-order valence-corrected chi connectivity index (χ4v) is 2.62. The Balaban J connectivity index is 1.79. The molecule has 4 heteroatoms. The van der Waals surface area contributed by atoms with Crippen LogP contribution < -0.4 is 0 Å². The summed E-state index contributed by atoms with van der Waals surface area (Å²) >= 11 is 0. The Morgan fingerprint density at radius 1 is 1.42 bits per heavy atom. The highest BCUT2D eigenvalue weighted by molar-refractivity contribution is 5.75. The van der Waals surface area contributed by atoms with Gasteiger partial charge in [-0.1, -0.05) is 29.4 Å². The Morgan fingerprint density at radius 2 is 2.26 bits per heavy atom. The van der Waals surface area contributed by atoms with E-state index in [0.717, 1.165) is 18.7 Å². The lowest BCUT2D eigenvalue weighted by Crippen LogP contribution is -1.99. The monoisotopic (exact) mass is 256 g/mol. The van der Waals surface area contributed by atoms with Crippen molar-refractivity contribution < 1.29 is 9.32 Å². The third-order valence-electron chi connectivity index (χ3n) is 3.62. The first-order chi connectivity index (χ1) is 9.24. The molecule has 1 aromatic heterocycles. The van der Waals surface area contributed by atoms with Crippen LogP contribution in [0.1, 0.15) is 48.5 Å². The average Bonchev–Trinajstić information content (AvgIpc) is 3.02. The fraction of sp³-hybridized carbons (Fsp3) is 0.400. The number of aromatic nitrogens is 2. The molecule has 3 rings (SSSR count). The Bertz CT molecular complexity index is 604. The Kier molecular flexibility index (Phi) is 3.15. The van der Waals surface area contributed by atoms with Crippen molar-refractivity contribution in [2.75, 3.05) is 0 Å². The second kappa shape index (κ2) is 4.96. The zero-order chi connectivity index (χ0) is 13.2. The molecule has 0 fully saturated rings. The highest BCUT2D eigenvalue weighted by Crippen LogP contribution is 2.36. The second-order valence-electron chi connectivity index (χ2n) is 5.04. The van der Waals surface area contributed by atoms with Crippen LogP contribution in [-0.2, 0) is 17.6 Å². The van der Waals surface area contributed by atoms with E-state index in [-0.39, 0.29) is 11.7 Å². The van der Waals surface area contributed by atoms with E-state index in [0.29, 0.717) is 18.7 Å². The average molecular weight is 256 g/mol. The molecule has 1 unspecified atom stereocenters. The first-order valence-corrected chi connectivity index (χ1v) is 6.64. The molecule has 0 N–H and O–H groups in total. The van der Waals surface area contributed by atoms with Gasteiger partial charge in [-0.2, -0.15) is 4.98 Å². The van der Waals surface area contributed by atoms with Crippen molar-refractivity contribution in [3.63, 3.8) is 0 Å². The molecular formula is C15H16N2O2. The molecule has 0 saturated heterocycles. The Hall–Kier alpha value is -1.97. The number of benzene rings is 1. The zero-order valence-electron chi connectivity index (χ0n) is 10.9. The third kappa shape index (κ3) is 2.43. The van der Waals surface area contributed by atoms with Crippen LogP contribution in [0.5, 0.6) is 0 Å². The minimum atomic E-state index is 0.144. The van der Waals surface area contributed by atoms with Crippen molar-refractivity contribution in [1.82, 2.24) is 10.1 Å². The molecule has 0 saturated carbocycles. The van der Waals surface area contributed by atoms with Gasteiger partial charge in [-0.05, 0) is 30.9 Å². The molecule has 0 amide bonds. The van der Waals surface area contributed by atoms with E-state index in [9.17, 15) is 4.79 Å². The van der Waals surface area contributed by atoms with Crippen LogP contribution in [0.25, 0.3) is 0 Å². The van der Waals surface area contributed by atoms with E-state index in [1.165, 1.54) is 11.1 Å². The van der Waals surface area contributed by atoms with Gasteiger partial charge < -0.3 is 9.32 Å².